The summed E-state index contributed by atoms with van der Waals surface area (Å²) in [5.74, 6) is 1.46. The second-order valence-corrected chi connectivity index (χ2v) is 5.72. The van der Waals surface area contributed by atoms with E-state index in [1.807, 2.05) is 49.4 Å². The van der Waals surface area contributed by atoms with E-state index in [9.17, 15) is 4.79 Å². The highest BCUT2D eigenvalue weighted by atomic mass is 16.7. The molecule has 0 atom stereocenters. The highest BCUT2D eigenvalue weighted by Gasteiger charge is 2.17. The van der Waals surface area contributed by atoms with E-state index in [0.29, 0.717) is 19.7 Å². The average Bonchev–Trinajstić information content (AvgIpc) is 3.09. The van der Waals surface area contributed by atoms with E-state index in [2.05, 4.69) is 5.32 Å². The van der Waals surface area contributed by atoms with Crippen LogP contribution in [0, 0.1) is 0 Å². The number of hydrogen-bond acceptors (Lipinski definition) is 4. The van der Waals surface area contributed by atoms with Gasteiger partial charge >= 0.3 is 6.03 Å². The maximum Gasteiger partial charge on any atom is 0.322 e. The van der Waals surface area contributed by atoms with Gasteiger partial charge in [0.25, 0.3) is 0 Å². The Kier molecular flexibility index (Phi) is 5.40. The molecule has 2 amide bonds. The van der Waals surface area contributed by atoms with Crippen molar-refractivity contribution in [3.63, 3.8) is 0 Å². The maximum absolute atomic E-state index is 12.7. The van der Waals surface area contributed by atoms with Crippen LogP contribution in [0.5, 0.6) is 11.5 Å². The van der Waals surface area contributed by atoms with Gasteiger partial charge in [-0.05, 0) is 30.7 Å². The fourth-order valence-corrected chi connectivity index (χ4v) is 2.70. The Hall–Kier alpha value is -2.73. The van der Waals surface area contributed by atoms with Gasteiger partial charge in [-0.3, -0.25) is 0 Å². The molecule has 6 nitrogen and oxygen atoms in total. The Morgan fingerprint density at radius 2 is 2.00 bits per heavy atom. The van der Waals surface area contributed by atoms with Crippen molar-refractivity contribution in [2.24, 2.45) is 0 Å². The highest BCUT2D eigenvalue weighted by Crippen LogP contribution is 2.32. The fourth-order valence-electron chi connectivity index (χ4n) is 2.70. The summed E-state index contributed by atoms with van der Waals surface area (Å²) in [6.07, 6.45) is 0. The van der Waals surface area contributed by atoms with Gasteiger partial charge in [0, 0.05) is 31.5 Å². The minimum Gasteiger partial charge on any atom is -0.454 e. The summed E-state index contributed by atoms with van der Waals surface area (Å²) < 4.78 is 15.9. The van der Waals surface area contributed by atoms with Crippen LogP contribution >= 0.6 is 0 Å². The number of ether oxygens (including phenoxy) is 3. The number of anilines is 1. The third-order valence-electron chi connectivity index (χ3n) is 4.04. The third kappa shape index (κ3) is 4.03. The number of benzene rings is 2. The van der Waals surface area contributed by atoms with Crippen molar-refractivity contribution >= 4 is 11.7 Å². The molecule has 0 fully saturated rings. The highest BCUT2D eigenvalue weighted by molar-refractivity contribution is 5.90. The Morgan fingerprint density at radius 3 is 2.80 bits per heavy atom. The summed E-state index contributed by atoms with van der Waals surface area (Å²) in [4.78, 5) is 14.4. The number of fused-ring (bicyclic) bond motifs is 1. The first-order valence-corrected chi connectivity index (χ1v) is 8.22. The Morgan fingerprint density at radius 1 is 1.20 bits per heavy atom. The van der Waals surface area contributed by atoms with Crippen LogP contribution in [0.1, 0.15) is 18.1 Å². The molecule has 3 rings (SSSR count). The number of carbonyl (C=O) groups is 1. The first kappa shape index (κ1) is 17.1. The molecule has 2 aromatic carbocycles. The predicted molar refractivity (Wildman–Crippen MR) is 94.8 cm³/mol. The normalized spacial score (nSPS) is 12.1. The molecule has 0 saturated heterocycles. The van der Waals surface area contributed by atoms with E-state index in [1.165, 1.54) is 0 Å². The number of hydrogen-bond donors (Lipinski definition) is 1. The van der Waals surface area contributed by atoms with Crippen molar-refractivity contribution in [1.29, 1.82) is 0 Å². The lowest BCUT2D eigenvalue weighted by Crippen LogP contribution is -2.34. The van der Waals surface area contributed by atoms with Gasteiger partial charge in [0.15, 0.2) is 11.5 Å². The van der Waals surface area contributed by atoms with Crippen molar-refractivity contribution in [2.75, 3.05) is 25.8 Å². The number of nitrogens with zero attached hydrogens (tertiary/aromatic N) is 1. The summed E-state index contributed by atoms with van der Waals surface area (Å²) in [5.41, 5.74) is 2.70. The molecule has 0 aliphatic carbocycles. The molecule has 1 aliphatic heterocycles. The van der Waals surface area contributed by atoms with E-state index in [1.54, 1.807) is 12.0 Å². The van der Waals surface area contributed by atoms with Crippen LogP contribution in [0.25, 0.3) is 0 Å². The largest absolute Gasteiger partial charge is 0.454 e. The van der Waals surface area contributed by atoms with Crippen LogP contribution < -0.4 is 14.8 Å². The minimum absolute atomic E-state index is 0.149. The van der Waals surface area contributed by atoms with E-state index < -0.39 is 0 Å². The lowest BCUT2D eigenvalue weighted by atomic mass is 10.2. The van der Waals surface area contributed by atoms with E-state index in [0.717, 1.165) is 28.3 Å². The van der Waals surface area contributed by atoms with Crippen LogP contribution in [0.3, 0.4) is 0 Å². The van der Waals surface area contributed by atoms with Crippen molar-refractivity contribution in [3.8, 4) is 11.5 Å². The summed E-state index contributed by atoms with van der Waals surface area (Å²) >= 11 is 0. The first-order chi connectivity index (χ1) is 12.2. The molecule has 1 N–H and O–H groups in total. The van der Waals surface area contributed by atoms with Gasteiger partial charge in [-0.2, -0.15) is 0 Å². The Labute approximate surface area is 147 Å². The average molecular weight is 342 g/mol. The molecular weight excluding hydrogens is 320 g/mol. The summed E-state index contributed by atoms with van der Waals surface area (Å²) in [7, 11) is 1.64. The van der Waals surface area contributed by atoms with Gasteiger partial charge in [-0.25, -0.2) is 4.79 Å². The smallest absolute Gasteiger partial charge is 0.322 e. The van der Waals surface area contributed by atoms with E-state index in [-0.39, 0.29) is 12.8 Å². The Balaban J connectivity index is 1.69. The molecule has 132 valence electrons. The zero-order valence-corrected chi connectivity index (χ0v) is 14.5. The standard InChI is InChI=1S/C19H22N2O4/c1-3-21(11-14-8-9-17-18(10-14)25-13-24-17)19(22)20-16-7-5-4-6-15(16)12-23-2/h4-10H,3,11-13H2,1-2H3,(H,20,22). The predicted octanol–water partition coefficient (Wildman–Crippen LogP) is 3.62. The van der Waals surface area contributed by atoms with Crippen LogP contribution in [0.15, 0.2) is 42.5 Å². The zero-order valence-electron chi connectivity index (χ0n) is 14.5. The second-order valence-electron chi connectivity index (χ2n) is 5.72. The molecule has 6 heteroatoms. The lowest BCUT2D eigenvalue weighted by molar-refractivity contribution is 0.174. The fraction of sp³-hybridized carbons (Fsp3) is 0.316. The molecular formula is C19H22N2O4. The van der Waals surface area contributed by atoms with Gasteiger partial charge in [0.05, 0.1) is 6.61 Å². The zero-order chi connectivity index (χ0) is 17.6. The number of para-hydroxylation sites is 1. The summed E-state index contributed by atoms with van der Waals surface area (Å²) in [5, 5.41) is 2.97. The molecule has 0 bridgehead atoms. The van der Waals surface area contributed by atoms with Gasteiger partial charge in [-0.1, -0.05) is 24.3 Å². The van der Waals surface area contributed by atoms with Gasteiger partial charge in [0.2, 0.25) is 6.79 Å². The quantitative estimate of drug-likeness (QED) is 0.871. The Bertz CT molecular complexity index is 748. The van der Waals surface area contributed by atoms with Gasteiger partial charge in [0.1, 0.15) is 0 Å². The molecule has 0 unspecified atom stereocenters. The number of urea groups is 1. The van der Waals surface area contributed by atoms with Crippen molar-refractivity contribution in [3.05, 3.63) is 53.6 Å². The molecule has 0 aromatic heterocycles. The van der Waals surface area contributed by atoms with Crippen molar-refractivity contribution in [1.82, 2.24) is 4.90 Å². The molecule has 0 spiro atoms. The molecule has 1 aliphatic rings. The SMILES string of the molecule is CCN(Cc1ccc2c(c1)OCO2)C(=O)Nc1ccccc1COC. The monoisotopic (exact) mass is 342 g/mol. The van der Waals surface area contributed by atoms with Crippen LogP contribution in [-0.2, 0) is 17.9 Å². The van der Waals surface area contributed by atoms with Crippen molar-refractivity contribution < 1.29 is 19.0 Å². The molecule has 0 radical (unpaired) electrons. The molecule has 2 aromatic rings. The minimum atomic E-state index is -0.149. The second kappa shape index (κ2) is 7.90. The van der Waals surface area contributed by atoms with E-state index in [4.69, 9.17) is 14.2 Å². The number of carbonyl (C=O) groups excluding carboxylic acids is 1. The number of methoxy groups -OCH3 is 1. The van der Waals surface area contributed by atoms with Crippen LogP contribution in [0.4, 0.5) is 10.5 Å². The number of rotatable bonds is 6. The summed E-state index contributed by atoms with van der Waals surface area (Å²) in [6, 6.07) is 13.2. The van der Waals surface area contributed by atoms with Gasteiger partial charge < -0.3 is 24.4 Å². The van der Waals surface area contributed by atoms with Gasteiger partial charge in [-0.15, -0.1) is 0 Å². The van der Waals surface area contributed by atoms with Crippen molar-refractivity contribution in [2.45, 2.75) is 20.1 Å². The first-order valence-electron chi connectivity index (χ1n) is 8.22. The third-order valence-corrected chi connectivity index (χ3v) is 4.04. The topological polar surface area (TPSA) is 60.0 Å². The molecule has 25 heavy (non-hydrogen) atoms. The molecule has 0 saturated carbocycles. The number of amides is 2. The van der Waals surface area contributed by atoms with Crippen LogP contribution in [0.2, 0.25) is 0 Å². The summed E-state index contributed by atoms with van der Waals surface area (Å²) in [6.45, 7) is 3.73. The van der Waals surface area contributed by atoms with Crippen LogP contribution in [-0.4, -0.2) is 31.4 Å². The molecule has 1 heterocycles. The maximum atomic E-state index is 12.7. The number of nitrogens with one attached hydrogen (secondary N) is 1. The lowest BCUT2D eigenvalue weighted by Gasteiger charge is -2.22. The van der Waals surface area contributed by atoms with E-state index >= 15 is 0 Å².